The van der Waals surface area contributed by atoms with E-state index in [2.05, 4.69) is 27.3 Å². The highest BCUT2D eigenvalue weighted by molar-refractivity contribution is 6.31. The summed E-state index contributed by atoms with van der Waals surface area (Å²) in [6, 6.07) is 5.05. The predicted molar refractivity (Wildman–Crippen MR) is 116 cm³/mol. The van der Waals surface area contributed by atoms with Crippen LogP contribution in [0.25, 0.3) is 11.6 Å². The quantitative estimate of drug-likeness (QED) is 0.680. The minimum atomic E-state index is 0.0580. The van der Waals surface area contributed by atoms with Gasteiger partial charge in [-0.15, -0.1) is 10.2 Å². The molecule has 6 nitrogen and oxygen atoms in total. The number of aromatic nitrogens is 3. The first kappa shape index (κ1) is 20.1. The Hall–Kier alpha value is -2.18. The van der Waals surface area contributed by atoms with Gasteiger partial charge in [0.05, 0.1) is 5.35 Å². The van der Waals surface area contributed by atoms with Gasteiger partial charge in [-0.1, -0.05) is 11.6 Å². The summed E-state index contributed by atoms with van der Waals surface area (Å²) in [5, 5.41) is 24.1. The van der Waals surface area contributed by atoms with Crippen molar-refractivity contribution in [2.24, 2.45) is 0 Å². The van der Waals surface area contributed by atoms with Crippen molar-refractivity contribution in [3.8, 4) is 5.75 Å². The van der Waals surface area contributed by atoms with Crippen LogP contribution in [0.15, 0.2) is 18.2 Å². The van der Waals surface area contributed by atoms with E-state index in [0.29, 0.717) is 11.0 Å². The van der Waals surface area contributed by atoms with Crippen LogP contribution in [-0.4, -0.2) is 51.4 Å². The molecule has 1 aromatic carbocycles. The first-order chi connectivity index (χ1) is 14.1. The fourth-order valence-electron chi connectivity index (χ4n) is 4.19. The SMILES string of the molecule is CC1=c2nc(NCCCCN3CCCC3)nnc2=CC(c2cc(O)ccc2Cl)C1. The van der Waals surface area contributed by atoms with Crippen LogP contribution in [0.1, 0.15) is 50.5 Å². The zero-order valence-corrected chi connectivity index (χ0v) is 17.6. The Bertz CT molecular complexity index is 987. The molecule has 1 aliphatic carbocycles. The standard InChI is InChI=1S/C22H28ClN5O/c1-15-12-16(18-14-17(29)6-7-19(18)23)13-20-21(15)25-22(27-26-20)24-8-2-3-9-28-10-4-5-11-28/h6-7,13-14,16,29H,2-5,8-12H2,1H3,(H,24,25). The van der Waals surface area contributed by atoms with Gasteiger partial charge in [0, 0.05) is 17.5 Å². The number of unbranched alkanes of at least 4 members (excludes halogenated alkanes) is 1. The van der Waals surface area contributed by atoms with Crippen molar-refractivity contribution in [1.29, 1.82) is 0 Å². The second-order valence-corrected chi connectivity index (χ2v) is 8.42. The first-order valence-electron chi connectivity index (χ1n) is 10.5. The van der Waals surface area contributed by atoms with Crippen molar-refractivity contribution in [3.05, 3.63) is 39.5 Å². The number of anilines is 1. The lowest BCUT2D eigenvalue weighted by atomic mass is 9.89. The van der Waals surface area contributed by atoms with Gasteiger partial charge in [0.15, 0.2) is 0 Å². The molecule has 1 atom stereocenters. The van der Waals surface area contributed by atoms with Gasteiger partial charge < -0.3 is 15.3 Å². The highest BCUT2D eigenvalue weighted by Gasteiger charge is 2.19. The first-order valence-corrected chi connectivity index (χ1v) is 10.8. The van der Waals surface area contributed by atoms with Gasteiger partial charge in [-0.3, -0.25) is 0 Å². The normalized spacial score (nSPS) is 19.1. The Morgan fingerprint density at radius 1 is 1.21 bits per heavy atom. The minimum absolute atomic E-state index is 0.0580. The van der Waals surface area contributed by atoms with E-state index in [4.69, 9.17) is 16.6 Å². The van der Waals surface area contributed by atoms with E-state index in [1.54, 1.807) is 18.2 Å². The number of fused-ring (bicyclic) bond motifs is 1. The van der Waals surface area contributed by atoms with Crippen molar-refractivity contribution in [2.45, 2.75) is 44.9 Å². The predicted octanol–water partition coefficient (Wildman–Crippen LogP) is 2.66. The zero-order valence-electron chi connectivity index (χ0n) is 16.9. The summed E-state index contributed by atoms with van der Waals surface area (Å²) >= 11 is 6.35. The smallest absolute Gasteiger partial charge is 0.243 e. The van der Waals surface area contributed by atoms with Gasteiger partial charge >= 0.3 is 0 Å². The van der Waals surface area contributed by atoms with Crippen molar-refractivity contribution in [2.75, 3.05) is 31.5 Å². The highest BCUT2D eigenvalue weighted by Crippen LogP contribution is 2.33. The fourth-order valence-corrected chi connectivity index (χ4v) is 4.45. The molecular weight excluding hydrogens is 386 g/mol. The molecule has 0 radical (unpaired) electrons. The number of aromatic hydroxyl groups is 1. The van der Waals surface area contributed by atoms with E-state index < -0.39 is 0 Å². The van der Waals surface area contributed by atoms with Crippen molar-refractivity contribution in [1.82, 2.24) is 20.1 Å². The molecule has 2 aliphatic rings. The molecule has 0 saturated carbocycles. The number of nitrogens with one attached hydrogen (secondary N) is 1. The summed E-state index contributed by atoms with van der Waals surface area (Å²) in [5.41, 5.74) is 2.05. The van der Waals surface area contributed by atoms with E-state index >= 15 is 0 Å². The number of phenols is 1. The third-order valence-corrected chi connectivity index (χ3v) is 6.11. The molecule has 1 aliphatic heterocycles. The van der Waals surface area contributed by atoms with E-state index in [1.807, 2.05) is 6.08 Å². The lowest BCUT2D eigenvalue weighted by molar-refractivity contribution is 0.331. The molecular formula is C22H28ClN5O. The molecule has 1 fully saturated rings. The number of benzene rings is 1. The minimum Gasteiger partial charge on any atom is -0.508 e. The number of nitrogens with zero attached hydrogens (tertiary/aromatic N) is 4. The van der Waals surface area contributed by atoms with Crippen LogP contribution in [0.4, 0.5) is 5.95 Å². The molecule has 2 N–H and O–H groups in total. The number of rotatable bonds is 7. The van der Waals surface area contributed by atoms with Crippen molar-refractivity contribution >= 4 is 29.2 Å². The topological polar surface area (TPSA) is 74.2 Å². The zero-order chi connectivity index (χ0) is 20.2. The van der Waals surface area contributed by atoms with Crippen LogP contribution < -0.4 is 16.0 Å². The molecule has 0 spiro atoms. The Labute approximate surface area is 176 Å². The summed E-state index contributed by atoms with van der Waals surface area (Å²) in [6.07, 6.45) is 7.82. The molecule has 0 amide bonds. The Morgan fingerprint density at radius 2 is 2.03 bits per heavy atom. The third kappa shape index (κ3) is 4.87. The summed E-state index contributed by atoms with van der Waals surface area (Å²) in [7, 11) is 0. The Balaban J connectivity index is 1.41. The molecule has 2 aromatic rings. The number of hydrogen-bond acceptors (Lipinski definition) is 6. The summed E-state index contributed by atoms with van der Waals surface area (Å²) in [5.74, 6) is 0.865. The molecule has 4 rings (SSSR count). The maximum Gasteiger partial charge on any atom is 0.243 e. The van der Waals surface area contributed by atoms with Crippen LogP contribution in [0, 0.1) is 0 Å². The molecule has 1 unspecified atom stereocenters. The molecule has 2 heterocycles. The molecule has 154 valence electrons. The summed E-state index contributed by atoms with van der Waals surface area (Å²) in [6.45, 7) is 6.63. The Kier molecular flexibility index (Phi) is 6.31. The number of likely N-dealkylation sites (tertiary alicyclic amines) is 1. The molecule has 0 bridgehead atoms. The average Bonchev–Trinajstić information content (AvgIpc) is 3.23. The monoisotopic (exact) mass is 413 g/mol. The molecule has 1 saturated heterocycles. The number of hydrogen-bond donors (Lipinski definition) is 2. The maximum atomic E-state index is 9.82. The largest absolute Gasteiger partial charge is 0.508 e. The van der Waals surface area contributed by atoms with Gasteiger partial charge in [-0.05, 0) is 94.1 Å². The molecule has 29 heavy (non-hydrogen) atoms. The van der Waals surface area contributed by atoms with Crippen LogP contribution in [0.3, 0.4) is 0 Å². The van der Waals surface area contributed by atoms with Gasteiger partial charge in [0.2, 0.25) is 5.95 Å². The fraction of sp³-hybridized carbons (Fsp3) is 0.500. The maximum absolute atomic E-state index is 9.82. The van der Waals surface area contributed by atoms with Gasteiger partial charge in [-0.2, -0.15) is 0 Å². The van der Waals surface area contributed by atoms with Gasteiger partial charge in [0.1, 0.15) is 11.1 Å². The molecule has 1 aromatic heterocycles. The van der Waals surface area contributed by atoms with Crippen LogP contribution in [0.2, 0.25) is 5.02 Å². The number of phenolic OH excluding ortho intramolecular Hbond substituents is 1. The second-order valence-electron chi connectivity index (χ2n) is 8.02. The van der Waals surface area contributed by atoms with Crippen molar-refractivity contribution in [3.63, 3.8) is 0 Å². The van der Waals surface area contributed by atoms with Gasteiger partial charge in [-0.25, -0.2) is 4.98 Å². The lowest BCUT2D eigenvalue weighted by Crippen LogP contribution is -2.38. The van der Waals surface area contributed by atoms with E-state index in [-0.39, 0.29) is 11.7 Å². The lowest BCUT2D eigenvalue weighted by Gasteiger charge is -2.18. The Morgan fingerprint density at radius 3 is 2.86 bits per heavy atom. The van der Waals surface area contributed by atoms with Gasteiger partial charge in [0.25, 0.3) is 0 Å². The molecule has 7 heteroatoms. The van der Waals surface area contributed by atoms with Crippen LogP contribution >= 0.6 is 11.6 Å². The second kappa shape index (κ2) is 9.09. The van der Waals surface area contributed by atoms with E-state index in [0.717, 1.165) is 41.2 Å². The van der Waals surface area contributed by atoms with Crippen molar-refractivity contribution < 1.29 is 5.11 Å². The van der Waals surface area contributed by atoms with Crippen LogP contribution in [-0.2, 0) is 0 Å². The van der Waals surface area contributed by atoms with E-state index in [9.17, 15) is 5.11 Å². The summed E-state index contributed by atoms with van der Waals surface area (Å²) < 4.78 is 0. The summed E-state index contributed by atoms with van der Waals surface area (Å²) in [4.78, 5) is 7.23. The average molecular weight is 414 g/mol. The van der Waals surface area contributed by atoms with Crippen LogP contribution in [0.5, 0.6) is 5.75 Å². The van der Waals surface area contributed by atoms with E-state index in [1.165, 1.54) is 38.9 Å². The number of halogens is 1. The third-order valence-electron chi connectivity index (χ3n) is 5.76. The highest BCUT2D eigenvalue weighted by atomic mass is 35.5.